The number of carbonyl (C=O) groups excluding carboxylic acids is 1. The number of rotatable bonds is 4. The smallest absolute Gasteiger partial charge is 0.341 e. The number of aryl methyl sites for hydroxylation is 1. The normalized spacial score (nSPS) is 13.3. The first-order chi connectivity index (χ1) is 12.6. The largest absolute Gasteiger partial charge is 0.497 e. The minimum atomic E-state index is -0.306. The summed E-state index contributed by atoms with van der Waals surface area (Å²) in [6, 6.07) is 7.49. The number of ether oxygens (including phenoxy) is 2. The summed E-state index contributed by atoms with van der Waals surface area (Å²) in [7, 11) is 3.05. The van der Waals surface area contributed by atoms with Gasteiger partial charge in [0.25, 0.3) is 0 Å². The lowest BCUT2D eigenvalue weighted by Crippen LogP contribution is -2.20. The van der Waals surface area contributed by atoms with Gasteiger partial charge in [-0.3, -0.25) is 0 Å². The molecule has 0 spiro atoms. The van der Waals surface area contributed by atoms with Crippen LogP contribution in [0.15, 0.2) is 24.3 Å². The van der Waals surface area contributed by atoms with Crippen LogP contribution in [0, 0.1) is 0 Å². The zero-order valence-corrected chi connectivity index (χ0v) is 16.5. The molecule has 138 valence electrons. The summed E-state index contributed by atoms with van der Waals surface area (Å²) in [6.07, 6.45) is 5.37. The van der Waals surface area contributed by atoms with E-state index >= 15 is 0 Å². The van der Waals surface area contributed by atoms with Crippen LogP contribution in [0.2, 0.25) is 0 Å². The molecule has 1 aromatic carbocycles. The average Bonchev–Trinajstić information content (AvgIpc) is 2.82. The van der Waals surface area contributed by atoms with Crippen molar-refractivity contribution in [2.75, 3.05) is 24.9 Å². The third-order valence-electron chi connectivity index (χ3n) is 4.39. The summed E-state index contributed by atoms with van der Waals surface area (Å²) in [5, 5.41) is 7.53. The minimum Gasteiger partial charge on any atom is -0.497 e. The summed E-state index contributed by atoms with van der Waals surface area (Å²) in [5.74, 6) is 0.476. The molecule has 0 amide bonds. The molecule has 2 N–H and O–H groups in total. The SMILES string of the molecule is COC(=O)c1c(NC(=S)Nc2ccc(OC)cc2)sc2c1CCCCC2. The third-order valence-corrected chi connectivity index (χ3v) is 5.80. The van der Waals surface area contributed by atoms with Crippen LogP contribution >= 0.6 is 23.6 Å². The van der Waals surface area contributed by atoms with E-state index in [9.17, 15) is 4.79 Å². The molecule has 0 atom stereocenters. The average molecular weight is 391 g/mol. The van der Waals surface area contributed by atoms with Crippen LogP contribution in [0.3, 0.4) is 0 Å². The molecule has 1 aliphatic rings. The van der Waals surface area contributed by atoms with Gasteiger partial charge in [0, 0.05) is 10.6 Å². The summed E-state index contributed by atoms with van der Waals surface area (Å²) in [4.78, 5) is 13.6. The van der Waals surface area contributed by atoms with E-state index < -0.39 is 0 Å². The van der Waals surface area contributed by atoms with Gasteiger partial charge in [-0.25, -0.2) is 4.79 Å². The standard InChI is InChI=1S/C19H22N2O3S2/c1-23-13-10-8-12(9-11-13)20-19(25)21-17-16(18(22)24-2)14-6-4-3-5-7-15(14)26-17/h8-11H,3-7H2,1-2H3,(H2,20,21,25). The fourth-order valence-electron chi connectivity index (χ4n) is 3.09. The van der Waals surface area contributed by atoms with E-state index in [4.69, 9.17) is 21.7 Å². The van der Waals surface area contributed by atoms with Crippen LogP contribution in [0.1, 0.15) is 40.1 Å². The molecule has 0 radical (unpaired) electrons. The van der Waals surface area contributed by atoms with Crippen molar-refractivity contribution in [3.05, 3.63) is 40.3 Å². The predicted molar refractivity (Wildman–Crippen MR) is 110 cm³/mol. The Labute approximate surface area is 162 Å². The molecule has 0 saturated heterocycles. The Balaban J connectivity index is 1.79. The Hall–Kier alpha value is -2.12. The minimum absolute atomic E-state index is 0.306. The number of thiophene rings is 1. The van der Waals surface area contributed by atoms with E-state index in [-0.39, 0.29) is 5.97 Å². The Morgan fingerprint density at radius 3 is 2.50 bits per heavy atom. The van der Waals surface area contributed by atoms with Gasteiger partial charge in [-0.2, -0.15) is 0 Å². The second-order valence-corrected chi connectivity index (χ2v) is 7.58. The summed E-state index contributed by atoms with van der Waals surface area (Å²) >= 11 is 7.03. The van der Waals surface area contributed by atoms with Crippen LogP contribution in [0.4, 0.5) is 10.7 Å². The van der Waals surface area contributed by atoms with Gasteiger partial charge < -0.3 is 20.1 Å². The van der Waals surface area contributed by atoms with Crippen LogP contribution in [-0.4, -0.2) is 25.3 Å². The Kier molecular flexibility index (Phi) is 6.11. The lowest BCUT2D eigenvalue weighted by Gasteiger charge is -2.11. The monoisotopic (exact) mass is 390 g/mol. The highest BCUT2D eigenvalue weighted by atomic mass is 32.1. The van der Waals surface area contributed by atoms with Crippen molar-refractivity contribution in [1.29, 1.82) is 0 Å². The number of esters is 1. The highest BCUT2D eigenvalue weighted by molar-refractivity contribution is 7.80. The van der Waals surface area contributed by atoms with Gasteiger partial charge in [-0.05, 0) is 67.7 Å². The number of fused-ring (bicyclic) bond motifs is 1. The molecule has 0 unspecified atom stereocenters. The number of methoxy groups -OCH3 is 2. The molecule has 5 nitrogen and oxygen atoms in total. The predicted octanol–water partition coefficient (Wildman–Crippen LogP) is 4.62. The molecule has 3 rings (SSSR count). The van der Waals surface area contributed by atoms with Crippen LogP contribution in [0.25, 0.3) is 0 Å². The number of hydrogen-bond acceptors (Lipinski definition) is 5. The van der Waals surface area contributed by atoms with Crippen molar-refractivity contribution in [2.24, 2.45) is 0 Å². The lowest BCUT2D eigenvalue weighted by molar-refractivity contribution is 0.0601. The number of thiocarbonyl (C=S) groups is 1. The summed E-state index contributed by atoms with van der Waals surface area (Å²) in [5.41, 5.74) is 2.60. The fourth-order valence-corrected chi connectivity index (χ4v) is 4.65. The van der Waals surface area contributed by atoms with E-state index in [0.717, 1.165) is 47.7 Å². The molecule has 7 heteroatoms. The van der Waals surface area contributed by atoms with Crippen molar-refractivity contribution < 1.29 is 14.3 Å². The van der Waals surface area contributed by atoms with E-state index in [1.165, 1.54) is 18.4 Å². The van der Waals surface area contributed by atoms with Gasteiger partial charge in [-0.15, -0.1) is 11.3 Å². The highest BCUT2D eigenvalue weighted by Gasteiger charge is 2.25. The Bertz CT molecular complexity index is 800. The fraction of sp³-hybridized carbons (Fsp3) is 0.368. The summed E-state index contributed by atoms with van der Waals surface area (Å²) < 4.78 is 10.2. The topological polar surface area (TPSA) is 59.6 Å². The zero-order valence-electron chi connectivity index (χ0n) is 14.9. The van der Waals surface area contributed by atoms with E-state index in [1.807, 2.05) is 24.3 Å². The zero-order chi connectivity index (χ0) is 18.5. The first-order valence-corrected chi connectivity index (χ1v) is 9.79. The second-order valence-electron chi connectivity index (χ2n) is 6.07. The van der Waals surface area contributed by atoms with Crippen molar-refractivity contribution >= 4 is 45.3 Å². The van der Waals surface area contributed by atoms with Gasteiger partial charge in [0.1, 0.15) is 10.8 Å². The first-order valence-electron chi connectivity index (χ1n) is 8.57. The van der Waals surface area contributed by atoms with Gasteiger partial charge >= 0.3 is 5.97 Å². The number of hydrogen-bond donors (Lipinski definition) is 2. The Morgan fingerprint density at radius 2 is 1.81 bits per heavy atom. The molecule has 26 heavy (non-hydrogen) atoms. The van der Waals surface area contributed by atoms with Gasteiger partial charge in [-0.1, -0.05) is 6.42 Å². The Morgan fingerprint density at radius 1 is 1.08 bits per heavy atom. The van der Waals surface area contributed by atoms with Crippen LogP contribution in [-0.2, 0) is 17.6 Å². The molecule has 0 bridgehead atoms. The van der Waals surface area contributed by atoms with Gasteiger partial charge in [0.15, 0.2) is 5.11 Å². The van der Waals surface area contributed by atoms with Crippen LogP contribution < -0.4 is 15.4 Å². The molecule has 1 aromatic heterocycles. The van der Waals surface area contributed by atoms with E-state index in [2.05, 4.69) is 10.6 Å². The van der Waals surface area contributed by atoms with Crippen molar-refractivity contribution in [3.63, 3.8) is 0 Å². The molecular formula is C19H22N2O3S2. The highest BCUT2D eigenvalue weighted by Crippen LogP contribution is 2.38. The van der Waals surface area contributed by atoms with Gasteiger partial charge in [0.05, 0.1) is 19.8 Å². The van der Waals surface area contributed by atoms with Crippen LogP contribution in [0.5, 0.6) is 5.75 Å². The third kappa shape index (κ3) is 4.16. The molecule has 0 fully saturated rings. The van der Waals surface area contributed by atoms with Crippen molar-refractivity contribution in [1.82, 2.24) is 0 Å². The van der Waals surface area contributed by atoms with E-state index in [0.29, 0.717) is 10.7 Å². The number of benzene rings is 1. The maximum atomic E-state index is 12.4. The second kappa shape index (κ2) is 8.51. The summed E-state index contributed by atoms with van der Waals surface area (Å²) in [6.45, 7) is 0. The molecule has 2 aromatic rings. The maximum Gasteiger partial charge on any atom is 0.341 e. The quantitative estimate of drug-likeness (QED) is 0.451. The molecule has 1 aliphatic carbocycles. The first kappa shape index (κ1) is 18.7. The molecule has 0 aliphatic heterocycles. The lowest BCUT2D eigenvalue weighted by atomic mass is 10.1. The molecule has 0 saturated carbocycles. The molecule has 1 heterocycles. The van der Waals surface area contributed by atoms with Crippen molar-refractivity contribution in [2.45, 2.75) is 32.1 Å². The van der Waals surface area contributed by atoms with E-state index in [1.54, 1.807) is 18.4 Å². The van der Waals surface area contributed by atoms with Gasteiger partial charge in [0.2, 0.25) is 0 Å². The number of anilines is 2. The number of nitrogens with one attached hydrogen (secondary N) is 2. The number of carbonyl (C=O) groups is 1. The molecular weight excluding hydrogens is 368 g/mol. The van der Waals surface area contributed by atoms with Crippen molar-refractivity contribution in [3.8, 4) is 5.75 Å². The maximum absolute atomic E-state index is 12.4.